The van der Waals surface area contributed by atoms with Crippen molar-refractivity contribution >= 4 is 33.2 Å². The van der Waals surface area contributed by atoms with Gasteiger partial charge in [0.25, 0.3) is 0 Å². The number of hydrogen-bond acceptors (Lipinski definition) is 5. The van der Waals surface area contributed by atoms with Crippen LogP contribution in [-0.4, -0.2) is 30.4 Å². The Morgan fingerprint density at radius 1 is 1.14 bits per heavy atom. The number of pyridine rings is 1. The maximum Gasteiger partial charge on any atom is 0.121 e. The molecule has 3 aromatic rings. The first-order valence-electron chi connectivity index (χ1n) is 6.74. The largest absolute Gasteiger partial charge is 0.497 e. The maximum absolute atomic E-state index is 9.08. The molecule has 3 rings (SSSR count). The van der Waals surface area contributed by atoms with E-state index in [-0.39, 0.29) is 6.61 Å². The van der Waals surface area contributed by atoms with E-state index >= 15 is 0 Å². The van der Waals surface area contributed by atoms with E-state index in [9.17, 15) is 0 Å². The third-order valence-corrected chi connectivity index (χ3v) is 3.42. The number of aliphatic hydroxyl groups is 1. The van der Waals surface area contributed by atoms with Gasteiger partial charge in [0.15, 0.2) is 0 Å². The third kappa shape index (κ3) is 2.43. The average Bonchev–Trinajstić information content (AvgIpc) is 2.50. The van der Waals surface area contributed by atoms with Crippen LogP contribution in [0.15, 0.2) is 36.4 Å². The van der Waals surface area contributed by atoms with Gasteiger partial charge in [-0.25, -0.2) is 4.98 Å². The number of fused-ring (bicyclic) bond motifs is 2. The predicted molar refractivity (Wildman–Crippen MR) is 85.8 cm³/mol. The lowest BCUT2D eigenvalue weighted by atomic mass is 10.1. The highest BCUT2D eigenvalue weighted by Gasteiger charge is 2.10. The van der Waals surface area contributed by atoms with Gasteiger partial charge < -0.3 is 20.9 Å². The van der Waals surface area contributed by atoms with Gasteiger partial charge in [0.2, 0.25) is 0 Å². The van der Waals surface area contributed by atoms with Crippen LogP contribution in [0.1, 0.15) is 0 Å². The van der Waals surface area contributed by atoms with Crippen molar-refractivity contribution < 1.29 is 9.84 Å². The van der Waals surface area contributed by atoms with Gasteiger partial charge in [-0.1, -0.05) is 0 Å². The summed E-state index contributed by atoms with van der Waals surface area (Å²) in [4.78, 5) is 4.65. The van der Waals surface area contributed by atoms with Crippen LogP contribution < -0.4 is 15.8 Å². The quantitative estimate of drug-likeness (QED) is 0.506. The van der Waals surface area contributed by atoms with Crippen molar-refractivity contribution in [3.63, 3.8) is 0 Å². The molecule has 0 spiro atoms. The van der Waals surface area contributed by atoms with Crippen LogP contribution in [-0.2, 0) is 0 Å². The normalized spacial score (nSPS) is 11.0. The molecule has 1 aromatic heterocycles. The SMILES string of the molecule is COc1ccc2c(NCCO)c3ccc(N)cc3nc2c1. The Balaban J connectivity index is 2.32. The first-order valence-corrected chi connectivity index (χ1v) is 6.74. The number of nitrogen functional groups attached to an aromatic ring is 1. The highest BCUT2D eigenvalue weighted by molar-refractivity contribution is 6.08. The van der Waals surface area contributed by atoms with Crippen LogP contribution in [0.3, 0.4) is 0 Å². The van der Waals surface area contributed by atoms with E-state index in [2.05, 4.69) is 10.3 Å². The van der Waals surface area contributed by atoms with E-state index in [0.717, 1.165) is 33.2 Å². The molecular weight excluding hydrogens is 266 g/mol. The summed E-state index contributed by atoms with van der Waals surface area (Å²) in [5.74, 6) is 0.756. The second-order valence-electron chi connectivity index (χ2n) is 4.80. The van der Waals surface area contributed by atoms with Crippen LogP contribution >= 0.6 is 0 Å². The Morgan fingerprint density at radius 2 is 1.86 bits per heavy atom. The van der Waals surface area contributed by atoms with Crippen LogP contribution in [0.2, 0.25) is 0 Å². The number of hydrogen-bond donors (Lipinski definition) is 3. The second-order valence-corrected chi connectivity index (χ2v) is 4.80. The van der Waals surface area contributed by atoms with Crippen molar-refractivity contribution in [2.75, 3.05) is 31.3 Å². The standard InChI is InChI=1S/C16H17N3O2/c1-21-11-3-5-13-15(9-11)19-14-8-10(17)2-4-12(14)16(13)18-6-7-20/h2-5,8-9,20H,6-7,17H2,1H3,(H,18,19). The van der Waals surface area contributed by atoms with Gasteiger partial charge in [-0.3, -0.25) is 0 Å². The molecule has 2 aromatic carbocycles. The molecule has 0 saturated carbocycles. The molecule has 0 unspecified atom stereocenters. The van der Waals surface area contributed by atoms with Gasteiger partial charge in [0.1, 0.15) is 5.75 Å². The molecule has 0 amide bonds. The van der Waals surface area contributed by atoms with Crippen molar-refractivity contribution in [2.24, 2.45) is 0 Å². The Kier molecular flexibility index (Phi) is 3.50. The average molecular weight is 283 g/mol. The molecule has 0 saturated heterocycles. The summed E-state index contributed by atoms with van der Waals surface area (Å²) in [5.41, 5.74) is 9.11. The number of nitrogens with one attached hydrogen (secondary N) is 1. The number of anilines is 2. The van der Waals surface area contributed by atoms with Gasteiger partial charge in [0, 0.05) is 29.1 Å². The molecular formula is C16H17N3O2. The highest BCUT2D eigenvalue weighted by atomic mass is 16.5. The maximum atomic E-state index is 9.08. The molecule has 5 heteroatoms. The highest BCUT2D eigenvalue weighted by Crippen LogP contribution is 2.33. The summed E-state index contributed by atoms with van der Waals surface area (Å²) >= 11 is 0. The van der Waals surface area contributed by atoms with Crippen molar-refractivity contribution in [3.8, 4) is 5.75 Å². The molecule has 108 valence electrons. The topological polar surface area (TPSA) is 80.4 Å². The molecule has 0 aliphatic rings. The zero-order valence-electron chi connectivity index (χ0n) is 11.8. The van der Waals surface area contributed by atoms with Crippen LogP contribution in [0.5, 0.6) is 5.75 Å². The van der Waals surface area contributed by atoms with E-state index in [4.69, 9.17) is 15.6 Å². The number of benzene rings is 2. The van der Waals surface area contributed by atoms with Gasteiger partial charge in [-0.2, -0.15) is 0 Å². The van der Waals surface area contributed by atoms with E-state index in [1.807, 2.05) is 36.4 Å². The number of aromatic nitrogens is 1. The third-order valence-electron chi connectivity index (χ3n) is 3.42. The zero-order valence-corrected chi connectivity index (χ0v) is 11.8. The number of rotatable bonds is 4. The fourth-order valence-corrected chi connectivity index (χ4v) is 2.44. The lowest BCUT2D eigenvalue weighted by molar-refractivity contribution is 0.311. The summed E-state index contributed by atoms with van der Waals surface area (Å²) in [6.07, 6.45) is 0. The van der Waals surface area contributed by atoms with E-state index in [1.54, 1.807) is 7.11 Å². The van der Waals surface area contributed by atoms with E-state index in [1.165, 1.54) is 0 Å². The fraction of sp³-hybridized carbons (Fsp3) is 0.188. The first-order chi connectivity index (χ1) is 10.2. The Hall–Kier alpha value is -2.53. The predicted octanol–water partition coefficient (Wildman–Crippen LogP) is 2.38. The molecule has 0 atom stereocenters. The summed E-state index contributed by atoms with van der Waals surface area (Å²) < 4.78 is 5.25. The fourth-order valence-electron chi connectivity index (χ4n) is 2.44. The molecule has 0 radical (unpaired) electrons. The number of methoxy groups -OCH3 is 1. The Morgan fingerprint density at radius 3 is 2.57 bits per heavy atom. The zero-order chi connectivity index (χ0) is 14.8. The first kappa shape index (κ1) is 13.5. The van der Waals surface area contributed by atoms with Crippen LogP contribution in [0.25, 0.3) is 21.8 Å². The lowest BCUT2D eigenvalue weighted by Gasteiger charge is -2.13. The molecule has 21 heavy (non-hydrogen) atoms. The monoisotopic (exact) mass is 283 g/mol. The number of nitrogens with two attached hydrogens (primary N) is 1. The lowest BCUT2D eigenvalue weighted by Crippen LogP contribution is -2.07. The van der Waals surface area contributed by atoms with Crippen LogP contribution in [0, 0.1) is 0 Å². The van der Waals surface area contributed by atoms with Gasteiger partial charge in [0.05, 0.1) is 30.4 Å². The number of ether oxygens (including phenoxy) is 1. The van der Waals surface area contributed by atoms with E-state index < -0.39 is 0 Å². The molecule has 4 N–H and O–H groups in total. The second kappa shape index (κ2) is 5.46. The van der Waals surface area contributed by atoms with Crippen LogP contribution in [0.4, 0.5) is 11.4 Å². The molecule has 0 aliphatic carbocycles. The Bertz CT molecular complexity index is 802. The smallest absolute Gasteiger partial charge is 0.121 e. The number of aliphatic hydroxyl groups excluding tert-OH is 1. The van der Waals surface area contributed by atoms with Crippen molar-refractivity contribution in [1.29, 1.82) is 0 Å². The minimum Gasteiger partial charge on any atom is -0.497 e. The summed E-state index contributed by atoms with van der Waals surface area (Å²) in [5, 5.41) is 14.3. The van der Waals surface area contributed by atoms with Crippen molar-refractivity contribution in [2.45, 2.75) is 0 Å². The minimum atomic E-state index is 0.0659. The molecule has 5 nitrogen and oxygen atoms in total. The molecule has 0 fully saturated rings. The molecule has 1 heterocycles. The number of nitrogens with zero attached hydrogens (tertiary/aromatic N) is 1. The minimum absolute atomic E-state index is 0.0659. The van der Waals surface area contributed by atoms with E-state index in [0.29, 0.717) is 12.2 Å². The summed E-state index contributed by atoms with van der Waals surface area (Å²) in [6, 6.07) is 11.4. The Labute approximate surface area is 122 Å². The van der Waals surface area contributed by atoms with Crippen molar-refractivity contribution in [3.05, 3.63) is 36.4 Å². The summed E-state index contributed by atoms with van der Waals surface area (Å²) in [6.45, 7) is 0.543. The van der Waals surface area contributed by atoms with Crippen molar-refractivity contribution in [1.82, 2.24) is 4.98 Å². The van der Waals surface area contributed by atoms with Gasteiger partial charge >= 0.3 is 0 Å². The van der Waals surface area contributed by atoms with Gasteiger partial charge in [-0.05, 0) is 30.3 Å². The molecule has 0 bridgehead atoms. The summed E-state index contributed by atoms with van der Waals surface area (Å²) in [7, 11) is 1.63. The van der Waals surface area contributed by atoms with Gasteiger partial charge in [-0.15, -0.1) is 0 Å². The molecule has 0 aliphatic heterocycles.